The van der Waals surface area contributed by atoms with Gasteiger partial charge in [0.2, 0.25) is 5.91 Å². The first-order valence-corrected chi connectivity index (χ1v) is 8.62. The lowest BCUT2D eigenvalue weighted by molar-refractivity contribution is -0.121. The van der Waals surface area contributed by atoms with Crippen molar-refractivity contribution >= 4 is 5.91 Å². The first-order chi connectivity index (χ1) is 11.9. The van der Waals surface area contributed by atoms with Crippen molar-refractivity contribution in [2.24, 2.45) is 0 Å². The topological polar surface area (TPSA) is 81.6 Å². The van der Waals surface area contributed by atoms with Gasteiger partial charge >= 0.3 is 0 Å². The molecule has 0 unspecified atom stereocenters. The van der Waals surface area contributed by atoms with Gasteiger partial charge in [-0.25, -0.2) is 8.78 Å². The van der Waals surface area contributed by atoms with Crippen LogP contribution in [0.25, 0.3) is 0 Å². The number of aliphatic hydroxyl groups excluding tert-OH is 2. The fraction of sp³-hybridized carbons (Fsp3) is 0.611. The molecule has 0 bridgehead atoms. The van der Waals surface area contributed by atoms with Gasteiger partial charge in [0, 0.05) is 13.0 Å². The summed E-state index contributed by atoms with van der Waals surface area (Å²) in [5.74, 6) is -0.230. The average Bonchev–Trinajstić information content (AvgIpc) is 2.86. The maximum absolute atomic E-state index is 13.1. The van der Waals surface area contributed by atoms with Gasteiger partial charge in [0.15, 0.2) is 0 Å². The molecule has 0 saturated carbocycles. The van der Waals surface area contributed by atoms with E-state index in [-0.39, 0.29) is 18.9 Å². The Labute approximate surface area is 146 Å². The van der Waals surface area contributed by atoms with E-state index in [2.05, 4.69) is 10.6 Å². The third kappa shape index (κ3) is 4.74. The fourth-order valence-electron chi connectivity index (χ4n) is 3.34. The summed E-state index contributed by atoms with van der Waals surface area (Å²) in [5, 5.41) is 25.8. The summed E-state index contributed by atoms with van der Waals surface area (Å²) in [4.78, 5) is 11.6. The largest absolute Gasteiger partial charge is 0.388 e. The lowest BCUT2D eigenvalue weighted by Gasteiger charge is -2.34. The van der Waals surface area contributed by atoms with E-state index in [1.807, 2.05) is 30.3 Å². The summed E-state index contributed by atoms with van der Waals surface area (Å²) in [7, 11) is 0. The zero-order valence-electron chi connectivity index (χ0n) is 14.3. The average molecular weight is 356 g/mol. The van der Waals surface area contributed by atoms with Crippen LogP contribution in [-0.2, 0) is 11.2 Å². The number of carbonyl (C=O) groups excluding carboxylic acids is 1. The van der Waals surface area contributed by atoms with Gasteiger partial charge < -0.3 is 15.5 Å². The second-order valence-electron chi connectivity index (χ2n) is 6.57. The molecule has 1 saturated heterocycles. The minimum Gasteiger partial charge on any atom is -0.388 e. The van der Waals surface area contributed by atoms with Gasteiger partial charge in [-0.05, 0) is 24.8 Å². The minimum atomic E-state index is -2.80. The Bertz CT molecular complexity index is 559. The molecule has 0 aliphatic carbocycles. The highest BCUT2D eigenvalue weighted by atomic mass is 19.3. The van der Waals surface area contributed by atoms with Crippen molar-refractivity contribution in [2.75, 3.05) is 6.54 Å². The van der Waals surface area contributed by atoms with E-state index in [4.69, 9.17) is 0 Å². The summed E-state index contributed by atoms with van der Waals surface area (Å²) in [6, 6.07) is 8.20. The molecular formula is C18H26F2N2O3. The Hall–Kier alpha value is -1.57. The quantitative estimate of drug-likeness (QED) is 0.565. The van der Waals surface area contributed by atoms with Gasteiger partial charge in [-0.15, -0.1) is 0 Å². The summed E-state index contributed by atoms with van der Waals surface area (Å²) in [6.45, 7) is 1.68. The number of carbonyl (C=O) groups is 1. The number of hydrogen-bond acceptors (Lipinski definition) is 4. The number of rotatable bonds is 8. The first kappa shape index (κ1) is 19.8. The molecule has 4 atom stereocenters. The normalized spacial score (nSPS) is 29.1. The van der Waals surface area contributed by atoms with E-state index in [1.54, 1.807) is 6.92 Å². The molecule has 25 heavy (non-hydrogen) atoms. The molecule has 1 fully saturated rings. The van der Waals surface area contributed by atoms with E-state index in [0.29, 0.717) is 19.3 Å². The molecule has 1 aromatic carbocycles. The third-order valence-electron chi connectivity index (χ3n) is 4.84. The molecule has 0 radical (unpaired) electrons. The monoisotopic (exact) mass is 356 g/mol. The van der Waals surface area contributed by atoms with Crippen LogP contribution < -0.4 is 10.6 Å². The van der Waals surface area contributed by atoms with Gasteiger partial charge in [0.1, 0.15) is 12.2 Å². The van der Waals surface area contributed by atoms with Gasteiger partial charge in [0.05, 0.1) is 11.6 Å². The predicted octanol–water partition coefficient (Wildman–Crippen LogP) is 1.23. The lowest BCUT2D eigenvalue weighted by Crippen LogP contribution is -2.57. The second kappa shape index (κ2) is 8.69. The van der Waals surface area contributed by atoms with E-state index >= 15 is 0 Å². The van der Waals surface area contributed by atoms with Crippen LogP contribution in [0.4, 0.5) is 8.78 Å². The molecule has 1 aliphatic heterocycles. The number of hydrogen-bond donors (Lipinski definition) is 4. The number of nitrogens with one attached hydrogen (secondary N) is 2. The SMILES string of the molecule is CCC(=O)NC[C@@]1(CCCc2ccccc2)N[C@H](C(F)F)[C@@H](O)[C@@H]1O. The zero-order chi connectivity index (χ0) is 18.4. The van der Waals surface area contributed by atoms with Crippen LogP contribution >= 0.6 is 0 Å². The van der Waals surface area contributed by atoms with Crippen molar-refractivity contribution in [3.8, 4) is 0 Å². The van der Waals surface area contributed by atoms with Crippen LogP contribution in [0.5, 0.6) is 0 Å². The maximum atomic E-state index is 13.1. The van der Waals surface area contributed by atoms with Gasteiger partial charge in [0.25, 0.3) is 6.43 Å². The number of aliphatic hydroxyl groups is 2. The minimum absolute atomic E-state index is 0.00406. The Morgan fingerprint density at radius 2 is 2.00 bits per heavy atom. The molecule has 0 aromatic heterocycles. The number of aryl methyl sites for hydroxylation is 1. The van der Waals surface area contributed by atoms with Gasteiger partial charge in [-0.3, -0.25) is 10.1 Å². The number of alkyl halides is 2. The Morgan fingerprint density at radius 1 is 1.32 bits per heavy atom. The highest BCUT2D eigenvalue weighted by Crippen LogP contribution is 2.31. The Kier molecular flexibility index (Phi) is 6.87. The van der Waals surface area contributed by atoms with Crippen molar-refractivity contribution in [1.82, 2.24) is 10.6 Å². The summed E-state index contributed by atoms with van der Waals surface area (Å²) in [5.41, 5.74) is -0.0613. The van der Waals surface area contributed by atoms with Gasteiger partial charge in [-0.2, -0.15) is 0 Å². The van der Waals surface area contributed by atoms with E-state index in [0.717, 1.165) is 5.56 Å². The Balaban J connectivity index is 2.08. The number of amides is 1. The van der Waals surface area contributed by atoms with Crippen LogP contribution in [0.1, 0.15) is 31.7 Å². The van der Waals surface area contributed by atoms with E-state index in [9.17, 15) is 23.8 Å². The summed E-state index contributed by atoms with van der Waals surface area (Å²) < 4.78 is 26.3. The van der Waals surface area contributed by atoms with Gasteiger partial charge in [-0.1, -0.05) is 37.3 Å². The van der Waals surface area contributed by atoms with Crippen LogP contribution in [0, 0.1) is 0 Å². The summed E-state index contributed by atoms with van der Waals surface area (Å²) in [6.07, 6.45) is -3.80. The smallest absolute Gasteiger partial charge is 0.256 e. The molecule has 5 nitrogen and oxygen atoms in total. The molecule has 140 valence electrons. The van der Waals surface area contributed by atoms with Crippen LogP contribution in [-0.4, -0.2) is 52.9 Å². The standard InChI is InChI=1S/C18H26F2N2O3/c1-2-13(23)21-11-18(10-6-9-12-7-4-3-5-8-12)16(25)15(24)14(22-18)17(19)20/h3-5,7-8,14-17,22,24-25H,2,6,9-11H2,1H3,(H,21,23)/t14-,15+,16-,18+/m0/s1. The summed E-state index contributed by atoms with van der Waals surface area (Å²) >= 11 is 0. The molecular weight excluding hydrogens is 330 g/mol. The van der Waals surface area contributed by atoms with Crippen molar-refractivity contribution in [3.63, 3.8) is 0 Å². The highest BCUT2D eigenvalue weighted by molar-refractivity contribution is 5.75. The fourth-order valence-corrected chi connectivity index (χ4v) is 3.34. The zero-order valence-corrected chi connectivity index (χ0v) is 14.3. The van der Waals surface area contributed by atoms with Crippen LogP contribution in [0.2, 0.25) is 0 Å². The van der Waals surface area contributed by atoms with Crippen molar-refractivity contribution in [1.29, 1.82) is 0 Å². The van der Waals surface area contributed by atoms with Crippen LogP contribution in [0.3, 0.4) is 0 Å². The third-order valence-corrected chi connectivity index (χ3v) is 4.84. The van der Waals surface area contributed by atoms with Crippen molar-refractivity contribution < 1.29 is 23.8 Å². The second-order valence-corrected chi connectivity index (χ2v) is 6.57. The van der Waals surface area contributed by atoms with Crippen LogP contribution in [0.15, 0.2) is 30.3 Å². The number of benzene rings is 1. The van der Waals surface area contributed by atoms with E-state index < -0.39 is 30.2 Å². The highest BCUT2D eigenvalue weighted by Gasteiger charge is 2.54. The molecule has 4 N–H and O–H groups in total. The number of halogens is 2. The lowest BCUT2D eigenvalue weighted by atomic mass is 9.86. The van der Waals surface area contributed by atoms with E-state index in [1.165, 1.54) is 0 Å². The first-order valence-electron chi connectivity index (χ1n) is 8.62. The molecule has 1 amide bonds. The molecule has 7 heteroatoms. The Morgan fingerprint density at radius 3 is 2.56 bits per heavy atom. The van der Waals surface area contributed by atoms with Crippen molar-refractivity contribution in [2.45, 2.75) is 62.8 Å². The maximum Gasteiger partial charge on any atom is 0.256 e. The molecule has 1 aromatic rings. The van der Waals surface area contributed by atoms with Crippen molar-refractivity contribution in [3.05, 3.63) is 35.9 Å². The molecule has 2 rings (SSSR count). The molecule has 1 heterocycles. The molecule has 1 aliphatic rings. The molecule has 0 spiro atoms. The predicted molar refractivity (Wildman–Crippen MR) is 90.4 cm³/mol.